The minimum Gasteiger partial charge on any atom is -0.467 e. The van der Waals surface area contributed by atoms with Crippen LogP contribution in [0.4, 0.5) is 0 Å². The van der Waals surface area contributed by atoms with E-state index in [1.165, 1.54) is 18.2 Å². The molecule has 1 fully saturated rings. The lowest BCUT2D eigenvalue weighted by Crippen LogP contribution is -2.54. The highest BCUT2D eigenvalue weighted by molar-refractivity contribution is 5.87. The van der Waals surface area contributed by atoms with Crippen LogP contribution in [-0.2, 0) is 31.9 Å². The first kappa shape index (κ1) is 14.1. The van der Waals surface area contributed by atoms with Crippen molar-refractivity contribution in [3.05, 3.63) is 35.4 Å². The number of carbonyl (C=O) groups is 2. The molecule has 1 amide bonds. The summed E-state index contributed by atoms with van der Waals surface area (Å²) < 4.78 is 10.1. The van der Waals surface area contributed by atoms with Gasteiger partial charge in [0, 0.05) is 12.5 Å². The molecule has 1 aromatic rings. The number of carbonyl (C=O) groups excluding carboxylic acids is 2. The zero-order valence-electron chi connectivity index (χ0n) is 12.1. The van der Waals surface area contributed by atoms with Crippen LogP contribution in [0.1, 0.15) is 11.1 Å². The molecule has 1 aliphatic carbocycles. The lowest BCUT2D eigenvalue weighted by molar-refractivity contribution is -0.162. The lowest BCUT2D eigenvalue weighted by atomic mass is 10.0. The summed E-state index contributed by atoms with van der Waals surface area (Å²) in [6.45, 7) is 1.14. The quantitative estimate of drug-likeness (QED) is 0.756. The molecule has 0 spiro atoms. The van der Waals surface area contributed by atoms with E-state index < -0.39 is 12.0 Å². The van der Waals surface area contributed by atoms with E-state index in [9.17, 15) is 9.59 Å². The zero-order valence-corrected chi connectivity index (χ0v) is 12.1. The van der Waals surface area contributed by atoms with Crippen LogP contribution in [0.5, 0.6) is 0 Å². The fourth-order valence-electron chi connectivity index (χ4n) is 3.17. The summed E-state index contributed by atoms with van der Waals surface area (Å²) in [6.07, 6.45) is 1.50. The van der Waals surface area contributed by atoms with Crippen molar-refractivity contribution >= 4 is 11.9 Å². The molecule has 5 nitrogen and oxygen atoms in total. The summed E-state index contributed by atoms with van der Waals surface area (Å²) in [5.74, 6) is -0.448. The lowest BCUT2D eigenvalue weighted by Gasteiger charge is -2.35. The Kier molecular flexibility index (Phi) is 3.92. The molecule has 1 heterocycles. The SMILES string of the molecule is COC(=O)C1COCCN1C(=O)C1Cc2ccccc2C1. The van der Waals surface area contributed by atoms with Gasteiger partial charge in [-0.15, -0.1) is 0 Å². The topological polar surface area (TPSA) is 55.8 Å². The highest BCUT2D eigenvalue weighted by Gasteiger charge is 2.38. The summed E-state index contributed by atoms with van der Waals surface area (Å²) >= 11 is 0. The Bertz CT molecular complexity index is 532. The highest BCUT2D eigenvalue weighted by Crippen LogP contribution is 2.28. The Morgan fingerprint density at radius 2 is 1.90 bits per heavy atom. The van der Waals surface area contributed by atoms with Crippen LogP contribution in [0.2, 0.25) is 0 Å². The number of hydrogen-bond acceptors (Lipinski definition) is 4. The molecule has 0 N–H and O–H groups in total. The van der Waals surface area contributed by atoms with Crippen LogP contribution in [0.25, 0.3) is 0 Å². The van der Waals surface area contributed by atoms with Crippen LogP contribution in [0, 0.1) is 5.92 Å². The fourth-order valence-corrected chi connectivity index (χ4v) is 3.17. The van der Waals surface area contributed by atoms with E-state index in [0.717, 1.165) is 12.8 Å². The molecule has 1 saturated heterocycles. The Morgan fingerprint density at radius 3 is 2.52 bits per heavy atom. The third kappa shape index (κ3) is 2.65. The van der Waals surface area contributed by atoms with E-state index in [4.69, 9.17) is 9.47 Å². The first-order valence-electron chi connectivity index (χ1n) is 7.23. The minimum absolute atomic E-state index is 0.0323. The van der Waals surface area contributed by atoms with Gasteiger partial charge in [0.1, 0.15) is 0 Å². The largest absolute Gasteiger partial charge is 0.467 e. The molecule has 1 atom stereocenters. The average Bonchev–Trinajstić information content (AvgIpc) is 2.97. The number of ether oxygens (including phenoxy) is 2. The molecular formula is C16H19NO4. The van der Waals surface area contributed by atoms with Gasteiger partial charge in [-0.25, -0.2) is 4.79 Å². The third-order valence-corrected chi connectivity index (χ3v) is 4.29. The normalized spacial score (nSPS) is 22.0. The van der Waals surface area contributed by atoms with Gasteiger partial charge in [-0.05, 0) is 24.0 Å². The van der Waals surface area contributed by atoms with Crippen molar-refractivity contribution in [2.24, 2.45) is 5.92 Å². The molecule has 0 bridgehead atoms. The van der Waals surface area contributed by atoms with Crippen molar-refractivity contribution in [1.29, 1.82) is 0 Å². The van der Waals surface area contributed by atoms with Crippen LogP contribution < -0.4 is 0 Å². The van der Waals surface area contributed by atoms with Crippen LogP contribution in [0.15, 0.2) is 24.3 Å². The van der Waals surface area contributed by atoms with Crippen molar-refractivity contribution in [3.63, 3.8) is 0 Å². The van der Waals surface area contributed by atoms with Gasteiger partial charge in [0.15, 0.2) is 6.04 Å². The van der Waals surface area contributed by atoms with Crippen molar-refractivity contribution in [3.8, 4) is 0 Å². The minimum atomic E-state index is -0.611. The predicted octanol–water partition coefficient (Wildman–Crippen LogP) is 0.802. The van der Waals surface area contributed by atoms with Crippen LogP contribution in [0.3, 0.4) is 0 Å². The van der Waals surface area contributed by atoms with E-state index in [-0.39, 0.29) is 18.4 Å². The number of nitrogens with zero attached hydrogens (tertiary/aromatic N) is 1. The van der Waals surface area contributed by atoms with E-state index >= 15 is 0 Å². The maximum atomic E-state index is 12.8. The first-order valence-corrected chi connectivity index (χ1v) is 7.23. The predicted molar refractivity (Wildman–Crippen MR) is 75.7 cm³/mol. The van der Waals surface area contributed by atoms with Crippen molar-refractivity contribution in [2.45, 2.75) is 18.9 Å². The number of rotatable bonds is 2. The van der Waals surface area contributed by atoms with Crippen molar-refractivity contribution in [2.75, 3.05) is 26.9 Å². The molecule has 1 unspecified atom stereocenters. The van der Waals surface area contributed by atoms with Gasteiger partial charge in [-0.2, -0.15) is 0 Å². The molecule has 5 heteroatoms. The Morgan fingerprint density at radius 1 is 1.24 bits per heavy atom. The maximum Gasteiger partial charge on any atom is 0.331 e. The van der Waals surface area contributed by atoms with E-state index in [1.807, 2.05) is 12.1 Å². The standard InChI is InChI=1S/C16H19NO4/c1-20-16(19)14-10-21-7-6-17(14)15(18)13-8-11-4-2-3-5-12(11)9-13/h2-5,13-14H,6-10H2,1H3. The maximum absolute atomic E-state index is 12.8. The third-order valence-electron chi connectivity index (χ3n) is 4.29. The molecule has 0 aromatic heterocycles. The Labute approximate surface area is 123 Å². The molecular weight excluding hydrogens is 270 g/mol. The molecule has 0 radical (unpaired) electrons. The monoisotopic (exact) mass is 289 g/mol. The zero-order chi connectivity index (χ0) is 14.8. The van der Waals surface area contributed by atoms with E-state index in [2.05, 4.69) is 12.1 Å². The Hall–Kier alpha value is -1.88. The number of hydrogen-bond donors (Lipinski definition) is 0. The van der Waals surface area contributed by atoms with Gasteiger partial charge >= 0.3 is 5.97 Å². The second-order valence-electron chi connectivity index (χ2n) is 5.52. The number of morpholine rings is 1. The van der Waals surface area contributed by atoms with Crippen molar-refractivity contribution in [1.82, 2.24) is 4.90 Å². The molecule has 1 aromatic carbocycles. The second kappa shape index (κ2) is 5.85. The summed E-state index contributed by atoms with van der Waals surface area (Å²) in [6, 6.07) is 7.52. The molecule has 3 rings (SSSR count). The molecule has 0 saturated carbocycles. The summed E-state index contributed by atoms with van der Waals surface area (Å²) in [4.78, 5) is 26.2. The van der Waals surface area contributed by atoms with Gasteiger partial charge in [-0.1, -0.05) is 24.3 Å². The highest BCUT2D eigenvalue weighted by atomic mass is 16.5. The molecule has 1 aliphatic heterocycles. The number of methoxy groups -OCH3 is 1. The molecule has 2 aliphatic rings. The van der Waals surface area contributed by atoms with E-state index in [0.29, 0.717) is 13.2 Å². The number of fused-ring (bicyclic) bond motifs is 1. The smallest absolute Gasteiger partial charge is 0.331 e. The Balaban J connectivity index is 1.74. The summed E-state index contributed by atoms with van der Waals surface area (Å²) in [7, 11) is 1.34. The number of amides is 1. The summed E-state index contributed by atoms with van der Waals surface area (Å²) in [5.41, 5.74) is 2.47. The fraction of sp³-hybridized carbons (Fsp3) is 0.500. The van der Waals surface area contributed by atoms with Crippen LogP contribution in [-0.4, -0.2) is 49.7 Å². The van der Waals surface area contributed by atoms with Gasteiger partial charge < -0.3 is 14.4 Å². The molecule has 21 heavy (non-hydrogen) atoms. The van der Waals surface area contributed by atoms with Gasteiger partial charge in [0.05, 0.1) is 20.3 Å². The van der Waals surface area contributed by atoms with E-state index in [1.54, 1.807) is 4.90 Å². The average molecular weight is 289 g/mol. The number of esters is 1. The molecule has 112 valence electrons. The first-order chi connectivity index (χ1) is 10.2. The van der Waals surface area contributed by atoms with Gasteiger partial charge in [0.2, 0.25) is 5.91 Å². The second-order valence-corrected chi connectivity index (χ2v) is 5.52. The summed E-state index contributed by atoms with van der Waals surface area (Å²) in [5, 5.41) is 0. The number of benzene rings is 1. The van der Waals surface area contributed by atoms with Crippen molar-refractivity contribution < 1.29 is 19.1 Å². The van der Waals surface area contributed by atoms with Gasteiger partial charge in [-0.3, -0.25) is 4.79 Å². The van der Waals surface area contributed by atoms with Gasteiger partial charge in [0.25, 0.3) is 0 Å². The van der Waals surface area contributed by atoms with Crippen LogP contribution >= 0.6 is 0 Å².